The van der Waals surface area contributed by atoms with Gasteiger partial charge in [0.2, 0.25) is 5.88 Å². The van der Waals surface area contributed by atoms with Crippen LogP contribution in [0.4, 0.5) is 24.0 Å². The summed E-state index contributed by atoms with van der Waals surface area (Å²) in [6, 6.07) is 12.0. The van der Waals surface area contributed by atoms with Crippen LogP contribution in [0.25, 0.3) is 0 Å². The van der Waals surface area contributed by atoms with Crippen molar-refractivity contribution in [3.05, 3.63) is 58.7 Å². The average molecular weight is 376 g/mol. The van der Waals surface area contributed by atoms with E-state index in [4.69, 9.17) is 10.00 Å². The molecule has 0 bridgehead atoms. The summed E-state index contributed by atoms with van der Waals surface area (Å²) in [5, 5.41) is 12.8. The standard InChI is InChI=1S/C17H11F3N4OS/c1-10-4-2-3-5-13(10)25-15-12(7-6-11(8-21)22-15)23-16-24-14(9-26-16)17(18,19)20/h2-7,9H,1H3,(H,23,24). The molecule has 2 heterocycles. The average Bonchev–Trinajstić information content (AvgIpc) is 3.07. The van der Waals surface area contributed by atoms with Gasteiger partial charge in [-0.3, -0.25) is 0 Å². The molecule has 0 fully saturated rings. The predicted molar refractivity (Wildman–Crippen MR) is 90.6 cm³/mol. The van der Waals surface area contributed by atoms with Crippen LogP contribution in [0.2, 0.25) is 0 Å². The number of thiazole rings is 1. The second-order valence-corrected chi connectivity index (χ2v) is 6.05. The van der Waals surface area contributed by atoms with Crippen LogP contribution in [0.1, 0.15) is 17.0 Å². The van der Waals surface area contributed by atoms with Crippen molar-refractivity contribution < 1.29 is 17.9 Å². The van der Waals surface area contributed by atoms with Gasteiger partial charge in [-0.2, -0.15) is 18.4 Å². The topological polar surface area (TPSA) is 70.8 Å². The summed E-state index contributed by atoms with van der Waals surface area (Å²) in [5.41, 5.74) is 0.286. The van der Waals surface area contributed by atoms with Gasteiger partial charge < -0.3 is 10.1 Å². The van der Waals surface area contributed by atoms with Gasteiger partial charge in [-0.25, -0.2) is 9.97 Å². The maximum Gasteiger partial charge on any atom is 0.434 e. The third-order valence-electron chi connectivity index (χ3n) is 3.31. The number of rotatable bonds is 4. The highest BCUT2D eigenvalue weighted by Gasteiger charge is 2.33. The Bertz CT molecular complexity index is 979. The Hall–Kier alpha value is -3.12. The Morgan fingerprint density at radius 1 is 1.15 bits per heavy atom. The van der Waals surface area contributed by atoms with Crippen LogP contribution < -0.4 is 10.1 Å². The van der Waals surface area contributed by atoms with E-state index in [0.717, 1.165) is 22.3 Å². The van der Waals surface area contributed by atoms with Gasteiger partial charge in [0.25, 0.3) is 0 Å². The Labute approximate surface area is 150 Å². The number of hydrogen-bond donors (Lipinski definition) is 1. The fourth-order valence-corrected chi connectivity index (χ4v) is 2.76. The number of hydrogen-bond acceptors (Lipinski definition) is 6. The van der Waals surface area contributed by atoms with Gasteiger partial charge in [0.1, 0.15) is 23.2 Å². The van der Waals surface area contributed by atoms with E-state index in [9.17, 15) is 13.2 Å². The molecule has 1 N–H and O–H groups in total. The molecular formula is C17H11F3N4OS. The molecule has 0 aliphatic carbocycles. The van der Waals surface area contributed by atoms with Gasteiger partial charge in [-0.05, 0) is 30.7 Å². The van der Waals surface area contributed by atoms with Crippen molar-refractivity contribution in [1.82, 2.24) is 9.97 Å². The van der Waals surface area contributed by atoms with Crippen LogP contribution in [-0.2, 0) is 6.18 Å². The number of aryl methyl sites for hydroxylation is 1. The van der Waals surface area contributed by atoms with Crippen molar-refractivity contribution in [3.63, 3.8) is 0 Å². The highest BCUT2D eigenvalue weighted by molar-refractivity contribution is 7.13. The number of benzene rings is 1. The molecule has 0 aliphatic rings. The second-order valence-electron chi connectivity index (χ2n) is 5.19. The van der Waals surface area contributed by atoms with E-state index in [1.807, 2.05) is 25.1 Å². The molecule has 132 valence electrons. The molecular weight excluding hydrogens is 365 g/mol. The molecule has 3 rings (SSSR count). The smallest absolute Gasteiger partial charge is 0.434 e. The van der Waals surface area contributed by atoms with E-state index >= 15 is 0 Å². The van der Waals surface area contributed by atoms with Gasteiger partial charge in [0.05, 0.1) is 0 Å². The van der Waals surface area contributed by atoms with Crippen molar-refractivity contribution in [2.24, 2.45) is 0 Å². The first kappa shape index (κ1) is 17.7. The first-order chi connectivity index (χ1) is 12.4. The number of pyridine rings is 1. The van der Waals surface area contributed by atoms with Crippen LogP contribution in [0.15, 0.2) is 41.8 Å². The Morgan fingerprint density at radius 3 is 2.58 bits per heavy atom. The van der Waals surface area contributed by atoms with E-state index in [2.05, 4.69) is 15.3 Å². The molecule has 0 saturated carbocycles. The number of halogens is 3. The van der Waals surface area contributed by atoms with E-state index in [0.29, 0.717) is 11.4 Å². The largest absolute Gasteiger partial charge is 0.437 e. The number of nitrogens with one attached hydrogen (secondary N) is 1. The molecule has 9 heteroatoms. The number of anilines is 2. The van der Waals surface area contributed by atoms with E-state index < -0.39 is 11.9 Å². The van der Waals surface area contributed by atoms with Crippen molar-refractivity contribution >= 4 is 22.2 Å². The molecule has 26 heavy (non-hydrogen) atoms. The number of alkyl halides is 3. The minimum Gasteiger partial charge on any atom is -0.437 e. The van der Waals surface area contributed by atoms with E-state index in [-0.39, 0.29) is 16.7 Å². The third-order valence-corrected chi connectivity index (χ3v) is 4.07. The van der Waals surface area contributed by atoms with E-state index in [1.165, 1.54) is 12.1 Å². The number of nitriles is 1. The van der Waals surface area contributed by atoms with E-state index in [1.54, 1.807) is 12.1 Å². The molecule has 0 amide bonds. The van der Waals surface area contributed by atoms with Gasteiger partial charge in [0, 0.05) is 5.38 Å². The van der Waals surface area contributed by atoms with Gasteiger partial charge >= 0.3 is 6.18 Å². The predicted octanol–water partition coefficient (Wildman–Crippen LogP) is 5.27. The minimum atomic E-state index is -4.51. The Balaban J connectivity index is 1.93. The fraction of sp³-hybridized carbons (Fsp3) is 0.118. The van der Waals surface area contributed by atoms with Gasteiger partial charge in [-0.1, -0.05) is 18.2 Å². The SMILES string of the molecule is Cc1ccccc1Oc1nc(C#N)ccc1Nc1nc(C(F)(F)F)cs1. The van der Waals surface area contributed by atoms with Gasteiger partial charge in [-0.15, -0.1) is 11.3 Å². The molecule has 0 radical (unpaired) electrons. The lowest BCUT2D eigenvalue weighted by atomic mass is 10.2. The number of ether oxygens (including phenoxy) is 1. The van der Waals surface area contributed by atoms with Crippen molar-refractivity contribution in [1.29, 1.82) is 5.26 Å². The van der Waals surface area contributed by atoms with Crippen molar-refractivity contribution in [2.75, 3.05) is 5.32 Å². The maximum atomic E-state index is 12.7. The molecule has 0 spiro atoms. The lowest BCUT2D eigenvalue weighted by molar-refractivity contribution is -0.140. The maximum absolute atomic E-state index is 12.7. The zero-order valence-corrected chi connectivity index (χ0v) is 14.1. The molecule has 0 aliphatic heterocycles. The highest BCUT2D eigenvalue weighted by Crippen LogP contribution is 2.35. The molecule has 0 unspecified atom stereocenters. The van der Waals surface area contributed by atoms with Crippen LogP contribution in [-0.4, -0.2) is 9.97 Å². The monoisotopic (exact) mass is 376 g/mol. The van der Waals surface area contributed by atoms with Crippen LogP contribution in [0.5, 0.6) is 11.6 Å². The minimum absolute atomic E-state index is 0.0402. The van der Waals surface area contributed by atoms with Gasteiger partial charge in [0.15, 0.2) is 10.8 Å². The third kappa shape index (κ3) is 3.92. The summed E-state index contributed by atoms with van der Waals surface area (Å²) >= 11 is 0.809. The normalized spacial score (nSPS) is 11.0. The summed E-state index contributed by atoms with van der Waals surface area (Å²) in [6.07, 6.45) is -4.51. The summed E-state index contributed by atoms with van der Waals surface area (Å²) in [5.74, 6) is 0.593. The first-order valence-corrected chi connectivity index (χ1v) is 8.19. The molecule has 5 nitrogen and oxygen atoms in total. The highest BCUT2D eigenvalue weighted by atomic mass is 32.1. The molecule has 2 aromatic heterocycles. The molecule has 0 saturated heterocycles. The summed E-state index contributed by atoms with van der Waals surface area (Å²) in [4.78, 5) is 7.61. The van der Waals surface area contributed by atoms with Crippen molar-refractivity contribution in [3.8, 4) is 17.7 Å². The molecule has 3 aromatic rings. The summed E-state index contributed by atoms with van der Waals surface area (Å²) < 4.78 is 43.8. The second kappa shape index (κ2) is 7.01. The fourth-order valence-electron chi connectivity index (χ4n) is 2.03. The van der Waals surface area contributed by atoms with Crippen LogP contribution in [0.3, 0.4) is 0 Å². The quantitative estimate of drug-likeness (QED) is 0.671. The first-order valence-electron chi connectivity index (χ1n) is 7.31. The molecule has 1 aromatic carbocycles. The number of para-hydroxylation sites is 1. The van der Waals surface area contributed by atoms with Crippen LogP contribution in [0, 0.1) is 18.3 Å². The van der Waals surface area contributed by atoms with Crippen LogP contribution >= 0.6 is 11.3 Å². The zero-order chi connectivity index (χ0) is 18.7. The molecule has 0 atom stereocenters. The number of nitrogens with zero attached hydrogens (tertiary/aromatic N) is 3. The Kier molecular flexibility index (Phi) is 4.77. The lowest BCUT2D eigenvalue weighted by Crippen LogP contribution is -2.05. The summed E-state index contributed by atoms with van der Waals surface area (Å²) in [7, 11) is 0. The summed E-state index contributed by atoms with van der Waals surface area (Å²) in [6.45, 7) is 1.84. The lowest BCUT2D eigenvalue weighted by Gasteiger charge is -2.12. The number of aromatic nitrogens is 2. The Morgan fingerprint density at radius 2 is 1.92 bits per heavy atom. The van der Waals surface area contributed by atoms with Crippen molar-refractivity contribution in [2.45, 2.75) is 13.1 Å². The zero-order valence-electron chi connectivity index (χ0n) is 13.3.